The zero-order valence-corrected chi connectivity index (χ0v) is 12.8. The molecule has 0 fully saturated rings. The number of carbonyl (C=O) groups excluding carboxylic acids is 2. The Hall–Kier alpha value is -2.67. The SMILES string of the molecule is C[NH+](CC(=O)NC(=O)NCc1ccco1)Cc1ccc(F)cc1. The predicted octanol–water partition coefficient (Wildman–Crippen LogP) is 0.459. The van der Waals surface area contributed by atoms with Crippen LogP contribution in [-0.2, 0) is 17.9 Å². The van der Waals surface area contributed by atoms with Crippen molar-refractivity contribution in [1.82, 2.24) is 10.6 Å². The van der Waals surface area contributed by atoms with Crippen LogP contribution in [-0.4, -0.2) is 25.5 Å². The third kappa shape index (κ3) is 5.91. The van der Waals surface area contributed by atoms with Crippen LogP contribution in [0.1, 0.15) is 11.3 Å². The number of hydrogen-bond acceptors (Lipinski definition) is 3. The lowest BCUT2D eigenvalue weighted by atomic mass is 10.2. The zero-order valence-electron chi connectivity index (χ0n) is 12.8. The van der Waals surface area contributed by atoms with E-state index in [9.17, 15) is 14.0 Å². The molecule has 0 saturated heterocycles. The molecule has 0 saturated carbocycles. The molecule has 0 aliphatic heterocycles. The smallest absolute Gasteiger partial charge is 0.321 e. The van der Waals surface area contributed by atoms with Gasteiger partial charge in [-0.25, -0.2) is 9.18 Å². The number of hydrogen-bond donors (Lipinski definition) is 3. The van der Waals surface area contributed by atoms with Gasteiger partial charge in [0.15, 0.2) is 6.54 Å². The maximum atomic E-state index is 12.8. The number of carbonyl (C=O) groups is 2. The highest BCUT2D eigenvalue weighted by Crippen LogP contribution is 2.00. The minimum Gasteiger partial charge on any atom is -0.467 e. The van der Waals surface area contributed by atoms with Gasteiger partial charge in [0.25, 0.3) is 5.91 Å². The van der Waals surface area contributed by atoms with Crippen molar-refractivity contribution in [3.8, 4) is 0 Å². The Morgan fingerprint density at radius 1 is 1.22 bits per heavy atom. The number of nitrogens with one attached hydrogen (secondary N) is 3. The second-order valence-corrected chi connectivity index (χ2v) is 5.25. The number of rotatable bonds is 6. The van der Waals surface area contributed by atoms with Gasteiger partial charge in [0.1, 0.15) is 18.1 Å². The van der Waals surface area contributed by atoms with Crippen LogP contribution < -0.4 is 15.5 Å². The Bertz CT molecular complexity index is 641. The predicted molar refractivity (Wildman–Crippen MR) is 80.9 cm³/mol. The first-order chi connectivity index (χ1) is 11.0. The number of imide groups is 1. The van der Waals surface area contributed by atoms with Gasteiger partial charge in [0.2, 0.25) is 0 Å². The molecule has 0 radical (unpaired) electrons. The third-order valence-electron chi connectivity index (χ3n) is 3.14. The molecule has 7 heteroatoms. The number of benzene rings is 1. The van der Waals surface area contributed by atoms with Gasteiger partial charge in [-0.15, -0.1) is 0 Å². The first kappa shape index (κ1) is 16.7. The lowest BCUT2D eigenvalue weighted by molar-refractivity contribution is -0.885. The van der Waals surface area contributed by atoms with E-state index in [0.29, 0.717) is 12.3 Å². The number of likely N-dealkylation sites (N-methyl/N-ethyl adjacent to an activating group) is 1. The quantitative estimate of drug-likeness (QED) is 0.724. The second-order valence-electron chi connectivity index (χ2n) is 5.25. The molecule has 2 aromatic rings. The van der Waals surface area contributed by atoms with Crippen molar-refractivity contribution in [1.29, 1.82) is 0 Å². The van der Waals surface area contributed by atoms with Crippen molar-refractivity contribution < 1.29 is 23.3 Å². The van der Waals surface area contributed by atoms with Gasteiger partial charge in [-0.3, -0.25) is 10.1 Å². The minimum absolute atomic E-state index is 0.131. The average Bonchev–Trinajstić information content (AvgIpc) is 3.00. The highest BCUT2D eigenvalue weighted by molar-refractivity contribution is 5.94. The van der Waals surface area contributed by atoms with Crippen LogP contribution in [0.15, 0.2) is 47.1 Å². The Balaban J connectivity index is 1.70. The van der Waals surface area contributed by atoms with Gasteiger partial charge in [0, 0.05) is 5.56 Å². The highest BCUT2D eigenvalue weighted by atomic mass is 19.1. The number of halogens is 1. The first-order valence-corrected chi connectivity index (χ1v) is 7.19. The molecule has 6 nitrogen and oxygen atoms in total. The standard InChI is InChI=1S/C16H18FN3O3/c1-20(10-12-4-6-13(17)7-5-12)11-15(21)19-16(22)18-9-14-3-2-8-23-14/h2-8H,9-11H2,1H3,(H2,18,19,21,22)/p+1. The van der Waals surface area contributed by atoms with Crippen molar-refractivity contribution in [3.63, 3.8) is 0 Å². The number of quaternary nitrogens is 1. The summed E-state index contributed by atoms with van der Waals surface area (Å²) in [6, 6.07) is 8.98. The van der Waals surface area contributed by atoms with Gasteiger partial charge in [-0.2, -0.15) is 0 Å². The summed E-state index contributed by atoms with van der Waals surface area (Å²) < 4.78 is 17.9. The van der Waals surface area contributed by atoms with Crippen LogP contribution in [0.25, 0.3) is 0 Å². The molecule has 0 spiro atoms. The van der Waals surface area contributed by atoms with E-state index < -0.39 is 6.03 Å². The number of urea groups is 1. The molecule has 0 aliphatic carbocycles. The highest BCUT2D eigenvalue weighted by Gasteiger charge is 2.13. The molecule has 1 unspecified atom stereocenters. The van der Waals surface area contributed by atoms with E-state index in [0.717, 1.165) is 10.5 Å². The summed E-state index contributed by atoms with van der Waals surface area (Å²) in [5, 5.41) is 4.79. The molecule has 1 aromatic carbocycles. The summed E-state index contributed by atoms with van der Waals surface area (Å²) in [4.78, 5) is 24.3. The summed E-state index contributed by atoms with van der Waals surface area (Å²) in [5.41, 5.74) is 0.916. The molecule has 0 aliphatic rings. The molecule has 1 aromatic heterocycles. The summed E-state index contributed by atoms with van der Waals surface area (Å²) >= 11 is 0. The lowest BCUT2D eigenvalue weighted by Crippen LogP contribution is -3.09. The van der Waals surface area contributed by atoms with Crippen molar-refractivity contribution >= 4 is 11.9 Å². The van der Waals surface area contributed by atoms with Crippen molar-refractivity contribution in [2.45, 2.75) is 13.1 Å². The Morgan fingerprint density at radius 2 is 1.96 bits per heavy atom. The lowest BCUT2D eigenvalue weighted by Gasteiger charge is -2.13. The van der Waals surface area contributed by atoms with Crippen LogP contribution >= 0.6 is 0 Å². The molecule has 2 rings (SSSR count). The van der Waals surface area contributed by atoms with Crippen LogP contribution in [0.3, 0.4) is 0 Å². The van der Waals surface area contributed by atoms with E-state index in [2.05, 4.69) is 10.6 Å². The molecule has 1 atom stereocenters. The minimum atomic E-state index is -0.569. The number of furan rings is 1. The maximum Gasteiger partial charge on any atom is 0.321 e. The van der Waals surface area contributed by atoms with Crippen LogP contribution in [0.4, 0.5) is 9.18 Å². The van der Waals surface area contributed by atoms with Gasteiger partial charge >= 0.3 is 6.03 Å². The van der Waals surface area contributed by atoms with E-state index in [1.54, 1.807) is 24.3 Å². The molecule has 122 valence electrons. The van der Waals surface area contributed by atoms with Crippen LogP contribution in [0, 0.1) is 5.82 Å². The molecule has 3 amide bonds. The number of amides is 3. The van der Waals surface area contributed by atoms with Crippen molar-refractivity contribution in [3.05, 3.63) is 59.8 Å². The molecule has 3 N–H and O–H groups in total. The average molecular weight is 320 g/mol. The molecule has 0 bridgehead atoms. The molecule has 1 heterocycles. The van der Waals surface area contributed by atoms with Gasteiger partial charge in [-0.1, -0.05) is 12.1 Å². The molecule has 23 heavy (non-hydrogen) atoms. The van der Waals surface area contributed by atoms with Crippen LogP contribution in [0.2, 0.25) is 0 Å². The van der Waals surface area contributed by atoms with E-state index in [1.807, 2.05) is 7.05 Å². The topological polar surface area (TPSA) is 75.8 Å². The molecular weight excluding hydrogens is 301 g/mol. The van der Waals surface area contributed by atoms with E-state index in [1.165, 1.54) is 18.4 Å². The van der Waals surface area contributed by atoms with E-state index >= 15 is 0 Å². The van der Waals surface area contributed by atoms with Crippen LogP contribution in [0.5, 0.6) is 0 Å². The van der Waals surface area contributed by atoms with Crippen molar-refractivity contribution in [2.75, 3.05) is 13.6 Å². The van der Waals surface area contributed by atoms with E-state index in [-0.39, 0.29) is 24.8 Å². The monoisotopic (exact) mass is 320 g/mol. The maximum absolute atomic E-state index is 12.8. The Kier molecular flexibility index (Phi) is 5.87. The molecular formula is C16H19FN3O3+. The van der Waals surface area contributed by atoms with Gasteiger partial charge < -0.3 is 14.6 Å². The van der Waals surface area contributed by atoms with E-state index in [4.69, 9.17) is 4.42 Å². The first-order valence-electron chi connectivity index (χ1n) is 7.19. The summed E-state index contributed by atoms with van der Waals surface area (Å²) in [7, 11) is 1.82. The summed E-state index contributed by atoms with van der Waals surface area (Å²) in [5.74, 6) is -0.0782. The summed E-state index contributed by atoms with van der Waals surface area (Å²) in [6.45, 7) is 0.900. The normalized spacial score (nSPS) is 11.7. The largest absolute Gasteiger partial charge is 0.467 e. The van der Waals surface area contributed by atoms with Crippen molar-refractivity contribution in [2.24, 2.45) is 0 Å². The fourth-order valence-corrected chi connectivity index (χ4v) is 2.08. The zero-order chi connectivity index (χ0) is 16.7. The van der Waals surface area contributed by atoms with Gasteiger partial charge in [-0.05, 0) is 24.3 Å². The van der Waals surface area contributed by atoms with Gasteiger partial charge in [0.05, 0.1) is 19.9 Å². The Labute approximate surface area is 133 Å². The third-order valence-corrected chi connectivity index (χ3v) is 3.14. The summed E-state index contributed by atoms with van der Waals surface area (Å²) in [6.07, 6.45) is 1.51. The second kappa shape index (κ2) is 8.09. The fraction of sp³-hybridized carbons (Fsp3) is 0.250. The fourth-order valence-electron chi connectivity index (χ4n) is 2.08. The Morgan fingerprint density at radius 3 is 2.61 bits per heavy atom.